The van der Waals surface area contributed by atoms with Gasteiger partial charge >= 0.3 is 5.97 Å². The average Bonchev–Trinajstić information content (AvgIpc) is 2.49. The van der Waals surface area contributed by atoms with Crippen molar-refractivity contribution in [1.29, 1.82) is 0 Å². The number of carbonyl (C=O) groups is 1. The maximum Gasteiger partial charge on any atom is 0.335 e. The van der Waals surface area contributed by atoms with Crippen LogP contribution in [-0.2, 0) is 16.4 Å². The summed E-state index contributed by atoms with van der Waals surface area (Å²) in [7, 11) is -3.90. The second-order valence-corrected chi connectivity index (χ2v) is 7.30. The predicted octanol–water partition coefficient (Wildman–Crippen LogP) is 3.21. The van der Waals surface area contributed by atoms with Crippen LogP contribution >= 0.6 is 23.2 Å². The van der Waals surface area contributed by atoms with Gasteiger partial charge in [-0.3, -0.25) is 0 Å². The minimum Gasteiger partial charge on any atom is -0.478 e. The first-order valence-electron chi connectivity index (χ1n) is 6.56. The molecule has 8 heteroatoms. The van der Waals surface area contributed by atoms with Gasteiger partial charge in [-0.1, -0.05) is 35.3 Å². The third-order valence-electron chi connectivity index (χ3n) is 3.09. The summed E-state index contributed by atoms with van der Waals surface area (Å²) in [5.41, 5.74) is 0.773. The number of aromatic carboxylic acids is 1. The molecule has 0 aliphatic rings. The summed E-state index contributed by atoms with van der Waals surface area (Å²) in [4.78, 5) is 10.7. The van der Waals surface area contributed by atoms with E-state index in [2.05, 4.69) is 4.72 Å². The summed E-state index contributed by atoms with van der Waals surface area (Å²) >= 11 is 11.7. The Bertz CT molecular complexity index is 820. The Kier molecular flexibility index (Phi) is 5.64. The van der Waals surface area contributed by atoms with Gasteiger partial charge in [0.2, 0.25) is 10.0 Å². The largest absolute Gasteiger partial charge is 0.478 e. The van der Waals surface area contributed by atoms with Gasteiger partial charge in [0.15, 0.2) is 0 Å². The zero-order valence-electron chi connectivity index (χ0n) is 11.8. The molecule has 23 heavy (non-hydrogen) atoms. The Labute approximate surface area is 143 Å². The predicted molar refractivity (Wildman–Crippen MR) is 88.8 cm³/mol. The molecule has 5 nitrogen and oxygen atoms in total. The summed E-state index contributed by atoms with van der Waals surface area (Å²) in [6.07, 6.45) is 0.465. The quantitative estimate of drug-likeness (QED) is 0.813. The molecule has 0 amide bonds. The zero-order chi connectivity index (χ0) is 17.0. The smallest absolute Gasteiger partial charge is 0.335 e. The Morgan fingerprint density at radius 2 is 1.74 bits per heavy atom. The number of hydrogen-bond acceptors (Lipinski definition) is 3. The van der Waals surface area contributed by atoms with Gasteiger partial charge in [-0.05, 0) is 42.3 Å². The van der Waals surface area contributed by atoms with Crippen molar-refractivity contribution in [3.63, 3.8) is 0 Å². The molecular weight excluding hydrogens is 361 g/mol. The summed E-state index contributed by atoms with van der Waals surface area (Å²) in [6, 6.07) is 10.6. The molecule has 0 aliphatic carbocycles. The fraction of sp³-hybridized carbons (Fsp3) is 0.133. The molecule has 0 radical (unpaired) electrons. The van der Waals surface area contributed by atoms with Crippen LogP contribution in [0.25, 0.3) is 0 Å². The van der Waals surface area contributed by atoms with Crippen molar-refractivity contribution in [2.24, 2.45) is 0 Å². The third-order valence-corrected chi connectivity index (χ3v) is 5.28. The standard InChI is InChI=1S/C15H13Cl2NO4S/c16-12-4-1-10(2-5-12)7-8-18-23(21,22)14-9-11(15(19)20)3-6-13(14)17/h1-6,9,18H,7-8H2,(H,19,20). The number of benzene rings is 2. The van der Waals surface area contributed by atoms with Gasteiger partial charge < -0.3 is 5.11 Å². The lowest BCUT2D eigenvalue weighted by Crippen LogP contribution is -2.26. The van der Waals surface area contributed by atoms with Gasteiger partial charge in [0.1, 0.15) is 4.90 Å². The van der Waals surface area contributed by atoms with Crippen LogP contribution in [0.5, 0.6) is 0 Å². The van der Waals surface area contributed by atoms with Gasteiger partial charge in [-0.25, -0.2) is 17.9 Å². The number of hydrogen-bond donors (Lipinski definition) is 2. The van der Waals surface area contributed by atoms with Crippen LogP contribution in [0.2, 0.25) is 10.0 Å². The van der Waals surface area contributed by atoms with Crippen molar-refractivity contribution in [3.8, 4) is 0 Å². The Morgan fingerprint density at radius 3 is 2.35 bits per heavy atom. The van der Waals surface area contributed by atoms with Gasteiger partial charge in [-0.2, -0.15) is 0 Å². The van der Waals surface area contributed by atoms with E-state index in [4.69, 9.17) is 28.3 Å². The average molecular weight is 374 g/mol. The fourth-order valence-electron chi connectivity index (χ4n) is 1.90. The van der Waals surface area contributed by atoms with Gasteiger partial charge in [0.25, 0.3) is 0 Å². The molecule has 0 atom stereocenters. The molecule has 0 spiro atoms. The van der Waals surface area contributed by atoms with E-state index in [1.54, 1.807) is 24.3 Å². The van der Waals surface area contributed by atoms with E-state index in [0.717, 1.165) is 11.6 Å². The van der Waals surface area contributed by atoms with Crippen LogP contribution in [-0.4, -0.2) is 26.0 Å². The summed E-state index contributed by atoms with van der Waals surface area (Å²) < 4.78 is 26.9. The summed E-state index contributed by atoms with van der Waals surface area (Å²) in [5, 5.41) is 9.51. The highest BCUT2D eigenvalue weighted by Crippen LogP contribution is 2.22. The molecule has 0 saturated heterocycles. The van der Waals surface area contributed by atoms with E-state index >= 15 is 0 Å². The number of sulfonamides is 1. The maximum atomic E-state index is 12.3. The lowest BCUT2D eigenvalue weighted by atomic mass is 10.2. The van der Waals surface area contributed by atoms with Crippen molar-refractivity contribution in [1.82, 2.24) is 4.72 Å². The zero-order valence-corrected chi connectivity index (χ0v) is 14.1. The monoisotopic (exact) mass is 373 g/mol. The highest BCUT2D eigenvalue weighted by atomic mass is 35.5. The Hall–Kier alpha value is -1.60. The minimum atomic E-state index is -3.90. The van der Waals surface area contributed by atoms with Crippen LogP contribution in [0, 0.1) is 0 Å². The van der Waals surface area contributed by atoms with Gasteiger partial charge in [0, 0.05) is 11.6 Å². The van der Waals surface area contributed by atoms with Crippen molar-refractivity contribution >= 4 is 39.2 Å². The molecule has 0 aliphatic heterocycles. The summed E-state index contributed by atoms with van der Waals surface area (Å²) in [6.45, 7) is 0.150. The van der Waals surface area contributed by atoms with E-state index < -0.39 is 16.0 Å². The normalized spacial score (nSPS) is 11.4. The highest BCUT2D eigenvalue weighted by Gasteiger charge is 2.19. The first-order valence-corrected chi connectivity index (χ1v) is 8.80. The first-order chi connectivity index (χ1) is 10.8. The molecule has 2 N–H and O–H groups in total. The van der Waals surface area contributed by atoms with Crippen LogP contribution < -0.4 is 4.72 Å². The van der Waals surface area contributed by atoms with E-state index in [9.17, 15) is 13.2 Å². The summed E-state index contributed by atoms with van der Waals surface area (Å²) in [5.74, 6) is -1.22. The molecule has 0 saturated carbocycles. The van der Waals surface area contributed by atoms with Gasteiger partial charge in [-0.15, -0.1) is 0 Å². The number of nitrogens with one attached hydrogen (secondary N) is 1. The second-order valence-electron chi connectivity index (χ2n) is 4.72. The third kappa shape index (κ3) is 4.68. The molecule has 0 aromatic heterocycles. The van der Waals surface area contributed by atoms with E-state index in [1.807, 2.05) is 0 Å². The molecule has 0 heterocycles. The van der Waals surface area contributed by atoms with Crippen LogP contribution in [0.1, 0.15) is 15.9 Å². The van der Waals surface area contributed by atoms with Crippen molar-refractivity contribution < 1.29 is 18.3 Å². The van der Waals surface area contributed by atoms with Crippen LogP contribution in [0.15, 0.2) is 47.4 Å². The second kappa shape index (κ2) is 7.31. The number of carboxylic acids is 1. The van der Waals surface area contributed by atoms with Crippen LogP contribution in [0.4, 0.5) is 0 Å². The topological polar surface area (TPSA) is 83.5 Å². The number of rotatable bonds is 6. The molecule has 2 aromatic carbocycles. The highest BCUT2D eigenvalue weighted by molar-refractivity contribution is 7.89. The Balaban J connectivity index is 2.11. The number of halogens is 2. The molecular formula is C15H13Cl2NO4S. The van der Waals surface area contributed by atoms with Crippen molar-refractivity contribution in [2.45, 2.75) is 11.3 Å². The fourth-order valence-corrected chi connectivity index (χ4v) is 3.58. The SMILES string of the molecule is O=C(O)c1ccc(Cl)c(S(=O)(=O)NCCc2ccc(Cl)cc2)c1. The Morgan fingerprint density at radius 1 is 1.09 bits per heavy atom. The van der Waals surface area contributed by atoms with Crippen molar-refractivity contribution in [2.75, 3.05) is 6.54 Å². The molecule has 2 rings (SSSR count). The van der Waals surface area contributed by atoms with E-state index in [0.29, 0.717) is 11.4 Å². The lowest BCUT2D eigenvalue weighted by Gasteiger charge is -2.09. The van der Waals surface area contributed by atoms with E-state index in [-0.39, 0.29) is 22.0 Å². The molecule has 0 fully saturated rings. The molecule has 0 bridgehead atoms. The molecule has 122 valence electrons. The van der Waals surface area contributed by atoms with Gasteiger partial charge in [0.05, 0.1) is 10.6 Å². The van der Waals surface area contributed by atoms with Crippen LogP contribution in [0.3, 0.4) is 0 Å². The lowest BCUT2D eigenvalue weighted by molar-refractivity contribution is 0.0696. The van der Waals surface area contributed by atoms with E-state index in [1.165, 1.54) is 12.1 Å². The first kappa shape index (κ1) is 17.7. The molecule has 2 aromatic rings. The number of carboxylic acid groups (broad SMARTS) is 1. The molecule has 0 unspecified atom stereocenters. The van der Waals surface area contributed by atoms with Crippen molar-refractivity contribution in [3.05, 3.63) is 63.6 Å². The maximum absolute atomic E-state index is 12.3. The minimum absolute atomic E-state index is 0.0333.